The van der Waals surface area contributed by atoms with Crippen molar-refractivity contribution in [1.82, 2.24) is 25.0 Å². The van der Waals surface area contributed by atoms with Crippen LogP contribution in [0.25, 0.3) is 5.65 Å². The number of fused-ring (bicyclic) bond motifs is 1. The van der Waals surface area contributed by atoms with Crippen LogP contribution in [-0.4, -0.2) is 44.7 Å². The van der Waals surface area contributed by atoms with Crippen molar-refractivity contribution in [2.24, 2.45) is 11.7 Å². The molecule has 3 rings (SSSR count). The number of hydrogen-bond donors (Lipinski definition) is 1. The smallest absolute Gasteiger partial charge is 0.199 e. The van der Waals surface area contributed by atoms with E-state index in [9.17, 15) is 0 Å². The van der Waals surface area contributed by atoms with E-state index in [1.807, 2.05) is 0 Å². The predicted molar refractivity (Wildman–Crippen MR) is 53.3 cm³/mol. The van der Waals surface area contributed by atoms with E-state index in [4.69, 9.17) is 5.73 Å². The zero-order valence-corrected chi connectivity index (χ0v) is 8.11. The summed E-state index contributed by atoms with van der Waals surface area (Å²) in [6.07, 6.45) is 3.42. The van der Waals surface area contributed by atoms with Gasteiger partial charge in [-0.1, -0.05) is 0 Å². The molecule has 1 aliphatic heterocycles. The Morgan fingerprint density at radius 1 is 1.40 bits per heavy atom. The first-order chi connectivity index (χ1) is 7.38. The van der Waals surface area contributed by atoms with Crippen LogP contribution in [0.5, 0.6) is 0 Å². The molecule has 0 unspecified atom stereocenters. The SMILES string of the molecule is NCC1CN(c2cncc3nnnn23)C1. The van der Waals surface area contributed by atoms with Gasteiger partial charge in [-0.2, -0.15) is 4.52 Å². The van der Waals surface area contributed by atoms with Crippen molar-refractivity contribution in [2.75, 3.05) is 24.5 Å². The molecule has 15 heavy (non-hydrogen) atoms. The highest BCUT2D eigenvalue weighted by Gasteiger charge is 2.27. The molecular weight excluding hydrogens is 194 g/mol. The molecule has 0 spiro atoms. The highest BCUT2D eigenvalue weighted by molar-refractivity contribution is 5.47. The number of hydrogen-bond acceptors (Lipinski definition) is 6. The third-order valence-corrected chi connectivity index (χ3v) is 2.71. The summed E-state index contributed by atoms with van der Waals surface area (Å²) in [5.74, 6) is 1.51. The number of aromatic nitrogens is 5. The van der Waals surface area contributed by atoms with Crippen LogP contribution in [0.15, 0.2) is 12.4 Å². The minimum absolute atomic E-state index is 0.580. The molecule has 0 radical (unpaired) electrons. The summed E-state index contributed by atoms with van der Waals surface area (Å²) in [4.78, 5) is 6.28. The summed E-state index contributed by atoms with van der Waals surface area (Å²) in [6.45, 7) is 2.64. The summed E-state index contributed by atoms with van der Waals surface area (Å²) in [5.41, 5.74) is 6.25. The molecule has 0 amide bonds. The summed E-state index contributed by atoms with van der Waals surface area (Å²) >= 11 is 0. The molecule has 0 aromatic carbocycles. The molecule has 7 heteroatoms. The third-order valence-electron chi connectivity index (χ3n) is 2.71. The fourth-order valence-corrected chi connectivity index (χ4v) is 1.78. The largest absolute Gasteiger partial charge is 0.354 e. The van der Waals surface area contributed by atoms with Crippen molar-refractivity contribution in [1.29, 1.82) is 0 Å². The number of anilines is 1. The standard InChI is InChI=1S/C8H11N7/c9-1-6-4-14(5-6)8-3-10-2-7-11-12-13-15(7)8/h2-3,6H,1,4-5,9H2. The third kappa shape index (κ3) is 1.23. The van der Waals surface area contributed by atoms with Crippen molar-refractivity contribution in [3.05, 3.63) is 12.4 Å². The van der Waals surface area contributed by atoms with Crippen molar-refractivity contribution >= 4 is 11.5 Å². The zero-order valence-electron chi connectivity index (χ0n) is 8.11. The second-order valence-corrected chi connectivity index (χ2v) is 3.72. The van der Waals surface area contributed by atoms with E-state index in [1.54, 1.807) is 16.9 Å². The van der Waals surface area contributed by atoms with Crippen LogP contribution in [-0.2, 0) is 0 Å². The van der Waals surface area contributed by atoms with E-state index in [1.165, 1.54) is 0 Å². The summed E-state index contributed by atoms with van der Waals surface area (Å²) in [7, 11) is 0. The highest BCUT2D eigenvalue weighted by Crippen LogP contribution is 2.22. The van der Waals surface area contributed by atoms with E-state index >= 15 is 0 Å². The number of rotatable bonds is 2. The second kappa shape index (κ2) is 3.13. The Hall–Kier alpha value is -1.76. The molecule has 1 aliphatic rings. The monoisotopic (exact) mass is 205 g/mol. The Labute approximate surface area is 85.9 Å². The Morgan fingerprint density at radius 3 is 3.07 bits per heavy atom. The molecule has 2 aromatic heterocycles. The Kier molecular flexibility index (Phi) is 1.78. The van der Waals surface area contributed by atoms with Crippen LogP contribution in [0.4, 0.5) is 5.82 Å². The first kappa shape index (κ1) is 8.54. The average Bonchev–Trinajstić information content (AvgIpc) is 2.64. The van der Waals surface area contributed by atoms with Gasteiger partial charge in [0.1, 0.15) is 0 Å². The van der Waals surface area contributed by atoms with Gasteiger partial charge < -0.3 is 10.6 Å². The van der Waals surface area contributed by atoms with E-state index in [2.05, 4.69) is 25.4 Å². The molecule has 1 fully saturated rings. The fourth-order valence-electron chi connectivity index (χ4n) is 1.78. The minimum atomic E-state index is 0.580. The van der Waals surface area contributed by atoms with Gasteiger partial charge in [-0.25, -0.2) is 0 Å². The normalized spacial score (nSPS) is 17.0. The Morgan fingerprint density at radius 2 is 2.27 bits per heavy atom. The van der Waals surface area contributed by atoms with Gasteiger partial charge in [-0.15, -0.1) is 5.10 Å². The average molecular weight is 205 g/mol. The van der Waals surface area contributed by atoms with Gasteiger partial charge in [-0.3, -0.25) is 4.98 Å². The lowest BCUT2D eigenvalue weighted by molar-refractivity contribution is 0.413. The molecular formula is C8H11N7. The van der Waals surface area contributed by atoms with Gasteiger partial charge in [0.2, 0.25) is 0 Å². The highest BCUT2D eigenvalue weighted by atomic mass is 15.5. The molecule has 1 saturated heterocycles. The molecule has 0 atom stereocenters. The molecule has 0 saturated carbocycles. The first-order valence-electron chi connectivity index (χ1n) is 4.85. The molecule has 3 heterocycles. The topological polar surface area (TPSA) is 85.2 Å². The quantitative estimate of drug-likeness (QED) is 0.670. The summed E-state index contributed by atoms with van der Waals surface area (Å²) in [5, 5.41) is 11.4. The minimum Gasteiger partial charge on any atom is -0.354 e. The van der Waals surface area contributed by atoms with Gasteiger partial charge in [0.05, 0.1) is 12.4 Å². The Bertz CT molecular complexity index is 473. The van der Waals surface area contributed by atoms with Crippen LogP contribution >= 0.6 is 0 Å². The molecule has 7 nitrogen and oxygen atoms in total. The Balaban J connectivity index is 1.95. The lowest BCUT2D eigenvalue weighted by Gasteiger charge is -2.39. The van der Waals surface area contributed by atoms with E-state index < -0.39 is 0 Å². The first-order valence-corrected chi connectivity index (χ1v) is 4.85. The maximum absolute atomic E-state index is 5.58. The van der Waals surface area contributed by atoms with Crippen LogP contribution in [0.1, 0.15) is 0 Å². The molecule has 0 bridgehead atoms. The molecule has 2 N–H and O–H groups in total. The van der Waals surface area contributed by atoms with Gasteiger partial charge in [-0.05, 0) is 17.0 Å². The lowest BCUT2D eigenvalue weighted by Crippen LogP contribution is -2.50. The van der Waals surface area contributed by atoms with Crippen molar-refractivity contribution in [3.8, 4) is 0 Å². The molecule has 78 valence electrons. The zero-order chi connectivity index (χ0) is 10.3. The van der Waals surface area contributed by atoms with Crippen LogP contribution < -0.4 is 10.6 Å². The maximum Gasteiger partial charge on any atom is 0.199 e. The van der Waals surface area contributed by atoms with E-state index in [0.717, 1.165) is 25.5 Å². The van der Waals surface area contributed by atoms with E-state index in [-0.39, 0.29) is 0 Å². The van der Waals surface area contributed by atoms with Crippen LogP contribution in [0.3, 0.4) is 0 Å². The predicted octanol–water partition coefficient (Wildman–Crippen LogP) is -1.09. The molecule has 0 aliphatic carbocycles. The van der Waals surface area contributed by atoms with Crippen LogP contribution in [0.2, 0.25) is 0 Å². The maximum atomic E-state index is 5.58. The number of nitrogens with zero attached hydrogens (tertiary/aromatic N) is 6. The summed E-state index contributed by atoms with van der Waals surface area (Å²) < 4.78 is 1.69. The number of nitrogens with two attached hydrogens (primary N) is 1. The molecule has 2 aromatic rings. The van der Waals surface area contributed by atoms with Gasteiger partial charge in [0.15, 0.2) is 11.5 Å². The van der Waals surface area contributed by atoms with Gasteiger partial charge in [0.25, 0.3) is 0 Å². The number of tetrazole rings is 1. The van der Waals surface area contributed by atoms with E-state index in [0.29, 0.717) is 11.6 Å². The van der Waals surface area contributed by atoms with Crippen molar-refractivity contribution in [3.63, 3.8) is 0 Å². The van der Waals surface area contributed by atoms with Crippen LogP contribution in [0, 0.1) is 5.92 Å². The van der Waals surface area contributed by atoms with Crippen molar-refractivity contribution in [2.45, 2.75) is 0 Å². The summed E-state index contributed by atoms with van der Waals surface area (Å²) in [6, 6.07) is 0. The van der Waals surface area contributed by atoms with Gasteiger partial charge in [0, 0.05) is 19.0 Å². The second-order valence-electron chi connectivity index (χ2n) is 3.72. The van der Waals surface area contributed by atoms with Crippen molar-refractivity contribution < 1.29 is 0 Å². The lowest BCUT2D eigenvalue weighted by atomic mass is 10.0. The van der Waals surface area contributed by atoms with Gasteiger partial charge >= 0.3 is 0 Å². The fraction of sp³-hybridized carbons (Fsp3) is 0.500.